The van der Waals surface area contributed by atoms with Crippen LogP contribution in [-0.4, -0.2) is 21.6 Å². The lowest BCUT2D eigenvalue weighted by molar-refractivity contribution is -0.125. The van der Waals surface area contributed by atoms with Crippen LogP contribution in [0.2, 0.25) is 0 Å². The number of hydrazine groups is 1. The molecule has 2 aromatic rings. The Morgan fingerprint density at radius 1 is 1.26 bits per heavy atom. The van der Waals surface area contributed by atoms with E-state index in [2.05, 4.69) is 10.9 Å². The number of aromatic nitrogens is 1. The summed E-state index contributed by atoms with van der Waals surface area (Å²) in [7, 11) is 0. The number of anilines is 1. The van der Waals surface area contributed by atoms with Gasteiger partial charge in [-0.3, -0.25) is 20.4 Å². The first kappa shape index (κ1) is 18.9. The molecular weight excluding hydrogens is 353 g/mol. The van der Waals surface area contributed by atoms with E-state index < -0.39 is 22.8 Å². The Bertz CT molecular complexity index is 948. The lowest BCUT2D eigenvalue weighted by Gasteiger charge is -2.21. The molecule has 1 saturated carbocycles. The quantitative estimate of drug-likeness (QED) is 0.698. The van der Waals surface area contributed by atoms with Crippen LogP contribution in [0.1, 0.15) is 49.4 Å². The third-order valence-corrected chi connectivity index (χ3v) is 5.04. The van der Waals surface area contributed by atoms with Crippen molar-refractivity contribution in [3.8, 4) is 0 Å². The van der Waals surface area contributed by atoms with Gasteiger partial charge in [-0.15, -0.1) is 0 Å². The van der Waals surface area contributed by atoms with Crippen LogP contribution in [0.4, 0.5) is 10.1 Å². The molecule has 0 bridgehead atoms. The van der Waals surface area contributed by atoms with Gasteiger partial charge in [-0.05, 0) is 31.9 Å². The Morgan fingerprint density at radius 3 is 2.59 bits per heavy atom. The first-order chi connectivity index (χ1) is 12.9. The molecule has 1 heterocycles. The molecule has 8 heteroatoms. The zero-order valence-electron chi connectivity index (χ0n) is 15.0. The van der Waals surface area contributed by atoms with Gasteiger partial charge in [-0.2, -0.15) is 0 Å². The lowest BCUT2D eigenvalue weighted by atomic mass is 9.89. The van der Waals surface area contributed by atoms with Crippen molar-refractivity contribution in [2.75, 3.05) is 5.43 Å². The van der Waals surface area contributed by atoms with Gasteiger partial charge in [-0.1, -0.05) is 19.3 Å². The third kappa shape index (κ3) is 3.79. The second-order valence-electron chi connectivity index (χ2n) is 6.76. The molecule has 1 fully saturated rings. The molecule has 0 atom stereocenters. The number of rotatable bonds is 5. The Morgan fingerprint density at radius 2 is 1.96 bits per heavy atom. The number of carboxylic acids is 1. The lowest BCUT2D eigenvalue weighted by Crippen LogP contribution is -2.36. The number of carboxylic acid groups (broad SMARTS) is 1. The molecular formula is C19H22FN3O4. The number of benzene rings is 1. The van der Waals surface area contributed by atoms with Gasteiger partial charge in [0.25, 0.3) is 0 Å². The number of hydrogen-bond acceptors (Lipinski definition) is 4. The highest BCUT2D eigenvalue weighted by Gasteiger charge is 2.21. The fourth-order valence-electron chi connectivity index (χ4n) is 3.52. The van der Waals surface area contributed by atoms with Crippen molar-refractivity contribution < 1.29 is 19.1 Å². The summed E-state index contributed by atoms with van der Waals surface area (Å²) in [4.78, 5) is 35.8. The van der Waals surface area contributed by atoms with Crippen molar-refractivity contribution in [1.82, 2.24) is 9.99 Å². The SMILES string of the molecule is CCn1cc(C(=O)O)c(=O)c2cc(F)c(NNC(=O)C3CCCCC3)cc21. The molecule has 1 aliphatic rings. The van der Waals surface area contributed by atoms with Crippen molar-refractivity contribution in [3.63, 3.8) is 0 Å². The second-order valence-corrected chi connectivity index (χ2v) is 6.76. The fourth-order valence-corrected chi connectivity index (χ4v) is 3.52. The van der Waals surface area contributed by atoms with Gasteiger partial charge >= 0.3 is 5.97 Å². The summed E-state index contributed by atoms with van der Waals surface area (Å²) in [6, 6.07) is 2.41. The topological polar surface area (TPSA) is 100 Å². The van der Waals surface area contributed by atoms with Crippen LogP contribution in [-0.2, 0) is 11.3 Å². The van der Waals surface area contributed by atoms with Gasteiger partial charge in [0.05, 0.1) is 11.2 Å². The molecule has 3 rings (SSSR count). The molecule has 1 aliphatic carbocycles. The number of hydrogen-bond donors (Lipinski definition) is 3. The van der Waals surface area contributed by atoms with Crippen molar-refractivity contribution in [3.05, 3.63) is 39.9 Å². The minimum atomic E-state index is -1.36. The molecule has 0 unspecified atom stereocenters. The minimum Gasteiger partial charge on any atom is -0.477 e. The Hall–Kier alpha value is -2.90. The van der Waals surface area contributed by atoms with Crippen molar-refractivity contribution in [2.45, 2.75) is 45.6 Å². The predicted octanol–water partition coefficient (Wildman–Crippen LogP) is 2.88. The number of aryl methyl sites for hydroxylation is 1. The van der Waals surface area contributed by atoms with E-state index in [0.29, 0.717) is 12.1 Å². The highest BCUT2D eigenvalue weighted by atomic mass is 19.1. The summed E-state index contributed by atoms with van der Waals surface area (Å²) in [5.74, 6) is -2.36. The van der Waals surface area contributed by atoms with Crippen LogP contribution >= 0.6 is 0 Å². The van der Waals surface area contributed by atoms with Gasteiger partial charge in [0.15, 0.2) is 0 Å². The normalized spacial score (nSPS) is 14.9. The van der Waals surface area contributed by atoms with Crippen molar-refractivity contribution >= 4 is 28.5 Å². The van der Waals surface area contributed by atoms with E-state index in [1.165, 1.54) is 12.3 Å². The number of nitrogens with zero attached hydrogens (tertiary/aromatic N) is 1. The number of aromatic carboxylic acids is 1. The van der Waals surface area contributed by atoms with Gasteiger partial charge in [0, 0.05) is 24.0 Å². The second kappa shape index (κ2) is 7.77. The zero-order valence-corrected chi connectivity index (χ0v) is 15.0. The smallest absolute Gasteiger partial charge is 0.341 e. The summed E-state index contributed by atoms with van der Waals surface area (Å²) in [6.07, 6.45) is 6.04. The molecule has 0 spiro atoms. The molecule has 144 valence electrons. The van der Waals surface area contributed by atoms with Gasteiger partial charge in [-0.25, -0.2) is 9.18 Å². The molecule has 27 heavy (non-hydrogen) atoms. The standard InChI is InChI=1S/C19H22FN3O4/c1-2-23-10-13(19(26)27)17(24)12-8-14(20)15(9-16(12)23)21-22-18(25)11-6-4-3-5-7-11/h8-11,21H,2-7H2,1H3,(H,22,25)(H,26,27). The van der Waals surface area contributed by atoms with E-state index in [0.717, 1.165) is 38.2 Å². The maximum Gasteiger partial charge on any atom is 0.341 e. The van der Waals surface area contributed by atoms with Crippen LogP contribution in [0, 0.1) is 11.7 Å². The van der Waals surface area contributed by atoms with Gasteiger partial charge in [0.2, 0.25) is 11.3 Å². The van der Waals surface area contributed by atoms with Crippen LogP contribution in [0.5, 0.6) is 0 Å². The maximum absolute atomic E-state index is 14.5. The van der Waals surface area contributed by atoms with Crippen LogP contribution in [0.3, 0.4) is 0 Å². The van der Waals surface area contributed by atoms with Crippen LogP contribution < -0.4 is 16.3 Å². The first-order valence-corrected chi connectivity index (χ1v) is 9.08. The zero-order chi connectivity index (χ0) is 19.6. The van der Waals surface area contributed by atoms with Crippen LogP contribution in [0.25, 0.3) is 10.9 Å². The summed E-state index contributed by atoms with van der Waals surface area (Å²) in [5, 5.41) is 9.16. The molecule has 1 aromatic carbocycles. The maximum atomic E-state index is 14.5. The molecule has 0 saturated heterocycles. The number of halogens is 1. The fraction of sp³-hybridized carbons (Fsp3) is 0.421. The minimum absolute atomic E-state index is 0.0154. The highest BCUT2D eigenvalue weighted by molar-refractivity contribution is 5.93. The van der Waals surface area contributed by atoms with E-state index in [1.807, 2.05) is 0 Å². The molecule has 0 radical (unpaired) electrons. The molecule has 3 N–H and O–H groups in total. The van der Waals surface area contributed by atoms with Gasteiger partial charge < -0.3 is 9.67 Å². The van der Waals surface area contributed by atoms with Gasteiger partial charge in [0.1, 0.15) is 11.4 Å². The largest absolute Gasteiger partial charge is 0.477 e. The molecule has 1 amide bonds. The van der Waals surface area contributed by atoms with Crippen molar-refractivity contribution in [1.29, 1.82) is 0 Å². The molecule has 0 aliphatic heterocycles. The van der Waals surface area contributed by atoms with Crippen molar-refractivity contribution in [2.24, 2.45) is 5.92 Å². The summed E-state index contributed by atoms with van der Waals surface area (Å²) in [5.41, 5.74) is 4.42. The summed E-state index contributed by atoms with van der Waals surface area (Å²) < 4.78 is 16.0. The van der Waals surface area contributed by atoms with E-state index in [1.54, 1.807) is 11.5 Å². The molecule has 1 aromatic heterocycles. The number of pyridine rings is 1. The van der Waals surface area contributed by atoms with E-state index in [9.17, 15) is 23.9 Å². The predicted molar refractivity (Wildman–Crippen MR) is 99.1 cm³/mol. The number of fused-ring (bicyclic) bond motifs is 1. The summed E-state index contributed by atoms with van der Waals surface area (Å²) >= 11 is 0. The monoisotopic (exact) mass is 375 g/mol. The van der Waals surface area contributed by atoms with E-state index in [4.69, 9.17) is 0 Å². The number of amides is 1. The average Bonchev–Trinajstić information content (AvgIpc) is 2.67. The van der Waals surface area contributed by atoms with E-state index >= 15 is 0 Å². The third-order valence-electron chi connectivity index (χ3n) is 5.04. The number of carbonyl (C=O) groups excluding carboxylic acids is 1. The first-order valence-electron chi connectivity index (χ1n) is 9.08. The number of nitrogens with one attached hydrogen (secondary N) is 2. The Kier molecular flexibility index (Phi) is 5.43. The van der Waals surface area contributed by atoms with Crippen LogP contribution in [0.15, 0.2) is 23.1 Å². The highest BCUT2D eigenvalue weighted by Crippen LogP contribution is 2.24. The summed E-state index contributed by atoms with van der Waals surface area (Å²) in [6.45, 7) is 2.19. The number of carbonyl (C=O) groups is 2. The van der Waals surface area contributed by atoms with E-state index in [-0.39, 0.29) is 22.9 Å². The average molecular weight is 375 g/mol. The molecule has 7 nitrogen and oxygen atoms in total. The Labute approximate surface area is 155 Å². The Balaban J connectivity index is 1.92.